The number of hydrogen-bond donors (Lipinski definition) is 1. The standard InChI is InChI=1S/C24H25NO3/c1-26-23-9-7-21(25)13-19(23)11-18-12-20-14-22(8-10-24(20)28-16-18)27-15-17-5-3-2-4-6-17/h2-10,13-14,18H,11-12,15-16,25H2,1H3. The molecule has 2 N–H and O–H groups in total. The Kier molecular flexibility index (Phi) is 5.38. The van der Waals surface area contributed by atoms with Crippen LogP contribution in [-0.4, -0.2) is 13.7 Å². The van der Waals surface area contributed by atoms with Crippen molar-refractivity contribution in [3.63, 3.8) is 0 Å². The number of ether oxygens (including phenoxy) is 3. The fourth-order valence-corrected chi connectivity index (χ4v) is 3.66. The van der Waals surface area contributed by atoms with Crippen molar-refractivity contribution in [1.29, 1.82) is 0 Å². The molecule has 0 aliphatic carbocycles. The summed E-state index contributed by atoms with van der Waals surface area (Å²) in [6.45, 7) is 1.25. The van der Waals surface area contributed by atoms with Crippen molar-refractivity contribution in [2.45, 2.75) is 19.4 Å². The quantitative estimate of drug-likeness (QED) is 0.637. The molecule has 0 fully saturated rings. The van der Waals surface area contributed by atoms with Gasteiger partial charge in [0.05, 0.1) is 13.7 Å². The van der Waals surface area contributed by atoms with Crippen LogP contribution in [0.3, 0.4) is 0 Å². The molecule has 0 bridgehead atoms. The Hall–Kier alpha value is -3.14. The highest BCUT2D eigenvalue weighted by molar-refractivity contribution is 5.48. The average Bonchev–Trinajstić information content (AvgIpc) is 2.73. The van der Waals surface area contributed by atoms with E-state index in [1.54, 1.807) is 7.11 Å². The maximum Gasteiger partial charge on any atom is 0.122 e. The van der Waals surface area contributed by atoms with E-state index in [0.29, 0.717) is 19.1 Å². The fourth-order valence-electron chi connectivity index (χ4n) is 3.66. The van der Waals surface area contributed by atoms with Gasteiger partial charge in [-0.15, -0.1) is 0 Å². The minimum absolute atomic E-state index is 0.368. The molecule has 1 aliphatic rings. The van der Waals surface area contributed by atoms with E-state index < -0.39 is 0 Å². The van der Waals surface area contributed by atoms with E-state index in [2.05, 4.69) is 18.2 Å². The molecule has 0 spiro atoms. The van der Waals surface area contributed by atoms with E-state index in [1.165, 1.54) is 5.56 Å². The normalized spacial score (nSPS) is 15.4. The highest BCUT2D eigenvalue weighted by Crippen LogP contribution is 2.33. The third-order valence-electron chi connectivity index (χ3n) is 5.08. The van der Waals surface area contributed by atoms with Gasteiger partial charge in [0, 0.05) is 11.6 Å². The molecule has 28 heavy (non-hydrogen) atoms. The molecule has 3 aromatic rings. The van der Waals surface area contributed by atoms with Gasteiger partial charge in [0.1, 0.15) is 23.9 Å². The fraction of sp³-hybridized carbons (Fsp3) is 0.250. The summed E-state index contributed by atoms with van der Waals surface area (Å²) in [5.41, 5.74) is 10.2. The predicted molar refractivity (Wildman–Crippen MR) is 111 cm³/mol. The van der Waals surface area contributed by atoms with Gasteiger partial charge in [0.15, 0.2) is 0 Å². The van der Waals surface area contributed by atoms with Gasteiger partial charge >= 0.3 is 0 Å². The van der Waals surface area contributed by atoms with Gasteiger partial charge in [-0.3, -0.25) is 0 Å². The smallest absolute Gasteiger partial charge is 0.122 e. The van der Waals surface area contributed by atoms with Gasteiger partial charge in [-0.05, 0) is 65.9 Å². The van der Waals surface area contributed by atoms with Crippen molar-refractivity contribution in [1.82, 2.24) is 0 Å². The molecule has 0 amide bonds. The molecule has 3 aromatic carbocycles. The number of benzene rings is 3. The van der Waals surface area contributed by atoms with Crippen LogP contribution < -0.4 is 19.9 Å². The number of methoxy groups -OCH3 is 1. The molecule has 1 aliphatic heterocycles. The lowest BCUT2D eigenvalue weighted by molar-refractivity contribution is 0.219. The van der Waals surface area contributed by atoms with Crippen LogP contribution in [0.2, 0.25) is 0 Å². The Morgan fingerprint density at radius 3 is 2.71 bits per heavy atom. The van der Waals surface area contributed by atoms with Crippen LogP contribution in [0.5, 0.6) is 17.2 Å². The second kappa shape index (κ2) is 8.26. The molecular weight excluding hydrogens is 350 g/mol. The van der Waals surface area contributed by atoms with Crippen molar-refractivity contribution in [3.8, 4) is 17.2 Å². The SMILES string of the molecule is COc1ccc(N)cc1CC1COc2ccc(OCc3ccccc3)cc2C1. The number of hydrogen-bond acceptors (Lipinski definition) is 4. The molecular formula is C24H25NO3. The number of nitrogen functional groups attached to an aromatic ring is 1. The lowest BCUT2D eigenvalue weighted by Gasteiger charge is -2.26. The summed E-state index contributed by atoms with van der Waals surface area (Å²) >= 11 is 0. The topological polar surface area (TPSA) is 53.7 Å². The van der Waals surface area contributed by atoms with Crippen molar-refractivity contribution in [2.75, 3.05) is 19.5 Å². The zero-order valence-corrected chi connectivity index (χ0v) is 16.1. The zero-order valence-electron chi connectivity index (χ0n) is 16.1. The molecule has 1 heterocycles. The third-order valence-corrected chi connectivity index (χ3v) is 5.08. The van der Waals surface area contributed by atoms with Gasteiger partial charge in [-0.25, -0.2) is 0 Å². The minimum Gasteiger partial charge on any atom is -0.496 e. The summed E-state index contributed by atoms with van der Waals surface area (Å²) in [6, 6.07) is 22.1. The van der Waals surface area contributed by atoms with Crippen molar-refractivity contribution in [3.05, 3.63) is 83.4 Å². The number of fused-ring (bicyclic) bond motifs is 1. The van der Waals surface area contributed by atoms with Gasteiger partial charge in [-0.1, -0.05) is 30.3 Å². The second-order valence-electron chi connectivity index (χ2n) is 7.20. The van der Waals surface area contributed by atoms with E-state index in [0.717, 1.165) is 46.9 Å². The summed E-state index contributed by atoms with van der Waals surface area (Å²) in [6.07, 6.45) is 1.80. The van der Waals surface area contributed by atoms with E-state index in [9.17, 15) is 0 Å². The molecule has 0 saturated heterocycles. The summed E-state index contributed by atoms with van der Waals surface area (Å²) in [5, 5.41) is 0. The summed E-state index contributed by atoms with van der Waals surface area (Å²) < 4.78 is 17.5. The Morgan fingerprint density at radius 1 is 1.04 bits per heavy atom. The Labute approximate surface area is 165 Å². The number of anilines is 1. The minimum atomic E-state index is 0.368. The molecule has 0 saturated carbocycles. The first-order valence-electron chi connectivity index (χ1n) is 9.56. The van der Waals surface area contributed by atoms with Gasteiger partial charge in [-0.2, -0.15) is 0 Å². The van der Waals surface area contributed by atoms with Crippen LogP contribution in [-0.2, 0) is 19.4 Å². The first-order valence-corrected chi connectivity index (χ1v) is 9.56. The van der Waals surface area contributed by atoms with Crippen molar-refractivity contribution in [2.24, 2.45) is 5.92 Å². The lowest BCUT2D eigenvalue weighted by Crippen LogP contribution is -2.23. The zero-order chi connectivity index (χ0) is 19.3. The summed E-state index contributed by atoms with van der Waals surface area (Å²) in [5.74, 6) is 3.06. The maximum absolute atomic E-state index is 6.00. The summed E-state index contributed by atoms with van der Waals surface area (Å²) in [4.78, 5) is 0. The first kappa shape index (κ1) is 18.2. The number of rotatable bonds is 6. The largest absolute Gasteiger partial charge is 0.496 e. The highest BCUT2D eigenvalue weighted by atomic mass is 16.5. The number of nitrogens with two attached hydrogens (primary N) is 1. The lowest BCUT2D eigenvalue weighted by atomic mass is 9.90. The van der Waals surface area contributed by atoms with E-state index >= 15 is 0 Å². The van der Waals surface area contributed by atoms with Crippen LogP contribution in [0.15, 0.2) is 66.7 Å². The van der Waals surface area contributed by atoms with Gasteiger partial charge in [0.2, 0.25) is 0 Å². The predicted octanol–water partition coefficient (Wildman–Crippen LogP) is 4.65. The molecule has 0 radical (unpaired) electrons. The summed E-state index contributed by atoms with van der Waals surface area (Å²) in [7, 11) is 1.69. The Bertz CT molecular complexity index is 940. The monoisotopic (exact) mass is 375 g/mol. The van der Waals surface area contributed by atoms with E-state index in [1.807, 2.05) is 48.5 Å². The Morgan fingerprint density at radius 2 is 1.89 bits per heavy atom. The molecule has 0 aromatic heterocycles. The van der Waals surface area contributed by atoms with Crippen molar-refractivity contribution < 1.29 is 14.2 Å². The van der Waals surface area contributed by atoms with Crippen LogP contribution in [0, 0.1) is 5.92 Å². The Balaban J connectivity index is 1.45. The van der Waals surface area contributed by atoms with E-state index in [-0.39, 0.29) is 0 Å². The van der Waals surface area contributed by atoms with Crippen molar-refractivity contribution >= 4 is 5.69 Å². The molecule has 1 atom stereocenters. The van der Waals surface area contributed by atoms with Gasteiger partial charge in [0.25, 0.3) is 0 Å². The van der Waals surface area contributed by atoms with Crippen LogP contribution in [0.25, 0.3) is 0 Å². The van der Waals surface area contributed by atoms with E-state index in [4.69, 9.17) is 19.9 Å². The molecule has 4 heteroatoms. The van der Waals surface area contributed by atoms with Crippen LogP contribution in [0.1, 0.15) is 16.7 Å². The second-order valence-corrected chi connectivity index (χ2v) is 7.20. The third kappa shape index (κ3) is 4.22. The molecule has 4 rings (SSSR count). The first-order chi connectivity index (χ1) is 13.7. The van der Waals surface area contributed by atoms with Gasteiger partial charge < -0.3 is 19.9 Å². The van der Waals surface area contributed by atoms with Crippen LogP contribution >= 0.6 is 0 Å². The molecule has 144 valence electrons. The molecule has 1 unspecified atom stereocenters. The van der Waals surface area contributed by atoms with Crippen LogP contribution in [0.4, 0.5) is 5.69 Å². The average molecular weight is 375 g/mol. The highest BCUT2D eigenvalue weighted by Gasteiger charge is 2.22. The maximum atomic E-state index is 6.00. The molecule has 4 nitrogen and oxygen atoms in total.